The van der Waals surface area contributed by atoms with Crippen LogP contribution in [0.4, 0.5) is 5.69 Å². The number of nitrogens with two attached hydrogens (primary N) is 1. The minimum Gasteiger partial charge on any atom is -0.414 e. The molecule has 4 N–H and O–H groups in total. The summed E-state index contributed by atoms with van der Waals surface area (Å²) in [6, 6.07) is 5.89. The third-order valence-corrected chi connectivity index (χ3v) is 10.8. The summed E-state index contributed by atoms with van der Waals surface area (Å²) in [4.78, 5) is 25.4. The van der Waals surface area contributed by atoms with Crippen LogP contribution in [0.3, 0.4) is 0 Å². The van der Waals surface area contributed by atoms with Crippen LogP contribution in [0.2, 0.25) is 18.1 Å². The zero-order chi connectivity index (χ0) is 21.3. The average molecular weight is 406 g/mol. The van der Waals surface area contributed by atoms with Crippen LogP contribution in [0.25, 0.3) is 0 Å². The second-order valence-corrected chi connectivity index (χ2v) is 14.3. The standard InChI is InChI=1S/C21H35N3O3Si/c1-13-8-9-18(14(2)10-13)23-19(25)16-11-15(12-17(16)20(26)24-22)27-28(6,7)21(3,4)5/h8-10,15-17H,11-12,22H2,1-7H3,(H,23,25)(H,24,26)/t15-,16+,17+/m1/s1. The highest BCUT2D eigenvalue weighted by Crippen LogP contribution is 2.42. The molecule has 1 aliphatic rings. The Morgan fingerprint density at radius 1 is 1.11 bits per heavy atom. The smallest absolute Gasteiger partial charge is 0.237 e. The molecule has 0 heterocycles. The minimum atomic E-state index is -1.99. The van der Waals surface area contributed by atoms with Crippen molar-refractivity contribution in [1.29, 1.82) is 0 Å². The quantitative estimate of drug-likeness (QED) is 0.302. The lowest BCUT2D eigenvalue weighted by Gasteiger charge is -2.38. The van der Waals surface area contributed by atoms with E-state index in [2.05, 4.69) is 44.6 Å². The van der Waals surface area contributed by atoms with Crippen molar-refractivity contribution in [2.24, 2.45) is 17.7 Å². The van der Waals surface area contributed by atoms with E-state index in [0.717, 1.165) is 16.8 Å². The summed E-state index contributed by atoms with van der Waals surface area (Å²) in [5, 5.41) is 3.07. The summed E-state index contributed by atoms with van der Waals surface area (Å²) in [6.07, 6.45) is 0.931. The number of carbonyl (C=O) groups excluding carboxylic acids is 2. The maximum absolute atomic E-state index is 13.0. The van der Waals surface area contributed by atoms with Crippen molar-refractivity contribution in [3.8, 4) is 0 Å². The van der Waals surface area contributed by atoms with Crippen molar-refractivity contribution in [2.45, 2.75) is 71.7 Å². The fourth-order valence-electron chi connectivity index (χ4n) is 3.55. The molecule has 0 aromatic heterocycles. The molecule has 1 aromatic rings. The van der Waals surface area contributed by atoms with Crippen molar-refractivity contribution >= 4 is 25.8 Å². The van der Waals surface area contributed by atoms with Crippen LogP contribution >= 0.6 is 0 Å². The SMILES string of the molecule is Cc1ccc(NC(=O)[C@H]2C[C@@H](O[Si](C)(C)C(C)(C)C)C[C@@H]2C(=O)NN)c(C)c1. The van der Waals surface area contributed by atoms with E-state index in [1.807, 2.05) is 32.0 Å². The maximum Gasteiger partial charge on any atom is 0.237 e. The van der Waals surface area contributed by atoms with Gasteiger partial charge in [0, 0.05) is 11.8 Å². The number of hydrogen-bond acceptors (Lipinski definition) is 4. The molecule has 0 radical (unpaired) electrons. The Balaban J connectivity index is 2.18. The summed E-state index contributed by atoms with van der Waals surface area (Å²) < 4.78 is 6.50. The lowest BCUT2D eigenvalue weighted by atomic mass is 9.94. The molecule has 0 saturated heterocycles. The van der Waals surface area contributed by atoms with Crippen molar-refractivity contribution in [3.05, 3.63) is 29.3 Å². The number of benzene rings is 1. The highest BCUT2D eigenvalue weighted by molar-refractivity contribution is 6.74. The molecule has 1 aromatic carbocycles. The van der Waals surface area contributed by atoms with Crippen molar-refractivity contribution in [3.63, 3.8) is 0 Å². The van der Waals surface area contributed by atoms with E-state index in [-0.39, 0.29) is 23.0 Å². The summed E-state index contributed by atoms with van der Waals surface area (Å²) in [7, 11) is -1.99. The molecule has 0 aliphatic heterocycles. The Kier molecular flexibility index (Phi) is 6.73. The average Bonchev–Trinajstić information content (AvgIpc) is 2.98. The molecular formula is C21H35N3O3Si. The number of aryl methyl sites for hydroxylation is 2. The number of rotatable bonds is 5. The van der Waals surface area contributed by atoms with Crippen molar-refractivity contribution in [2.75, 3.05) is 5.32 Å². The number of amides is 2. The van der Waals surface area contributed by atoms with Gasteiger partial charge in [0.15, 0.2) is 8.32 Å². The lowest BCUT2D eigenvalue weighted by molar-refractivity contribution is -0.131. The van der Waals surface area contributed by atoms with E-state index in [9.17, 15) is 9.59 Å². The van der Waals surface area contributed by atoms with Crippen LogP contribution in [0.1, 0.15) is 44.7 Å². The molecule has 1 fully saturated rings. The molecule has 3 atom stereocenters. The fraction of sp³-hybridized carbons (Fsp3) is 0.619. The fourth-order valence-corrected chi connectivity index (χ4v) is 4.93. The summed E-state index contributed by atoms with van der Waals surface area (Å²) in [6.45, 7) is 14.9. The molecule has 6 nitrogen and oxygen atoms in total. The maximum atomic E-state index is 13.0. The van der Waals surface area contributed by atoms with E-state index >= 15 is 0 Å². The zero-order valence-electron chi connectivity index (χ0n) is 18.2. The molecule has 7 heteroatoms. The Labute approximate surface area is 169 Å². The van der Waals surface area contributed by atoms with E-state index in [4.69, 9.17) is 10.3 Å². The van der Waals surface area contributed by atoms with E-state index in [0.29, 0.717) is 12.8 Å². The normalized spacial score (nSPS) is 22.8. The second-order valence-electron chi connectivity index (χ2n) is 9.50. The van der Waals surface area contributed by atoms with Crippen LogP contribution in [0.15, 0.2) is 18.2 Å². The van der Waals surface area contributed by atoms with Gasteiger partial charge >= 0.3 is 0 Å². The van der Waals surface area contributed by atoms with Crippen LogP contribution in [-0.4, -0.2) is 26.2 Å². The molecule has 2 rings (SSSR count). The Bertz CT molecular complexity index is 743. The molecule has 0 unspecified atom stereocenters. The zero-order valence-corrected chi connectivity index (χ0v) is 19.2. The summed E-state index contributed by atoms with van der Waals surface area (Å²) in [5.74, 6) is 3.99. The van der Waals surface area contributed by atoms with Crippen LogP contribution in [0, 0.1) is 25.7 Å². The first-order valence-corrected chi connectivity index (χ1v) is 12.8. The first-order chi connectivity index (χ1) is 12.9. The van der Waals surface area contributed by atoms with Crippen LogP contribution in [-0.2, 0) is 14.0 Å². The highest BCUT2D eigenvalue weighted by atomic mass is 28.4. The first kappa shape index (κ1) is 22.6. The molecule has 1 aliphatic carbocycles. The monoisotopic (exact) mass is 405 g/mol. The molecule has 0 bridgehead atoms. The van der Waals surface area contributed by atoms with Crippen LogP contribution in [0.5, 0.6) is 0 Å². The predicted molar refractivity (Wildman–Crippen MR) is 115 cm³/mol. The largest absolute Gasteiger partial charge is 0.414 e. The van der Waals surface area contributed by atoms with E-state index in [1.54, 1.807) is 0 Å². The third-order valence-electron chi connectivity index (χ3n) is 6.24. The van der Waals surface area contributed by atoms with Gasteiger partial charge in [-0.2, -0.15) is 0 Å². The minimum absolute atomic E-state index is 0.0674. The number of anilines is 1. The first-order valence-electron chi connectivity index (χ1n) is 9.92. The Morgan fingerprint density at radius 3 is 2.18 bits per heavy atom. The number of carbonyl (C=O) groups is 2. The second kappa shape index (κ2) is 8.35. The number of hydrogen-bond donors (Lipinski definition) is 3. The molecule has 1 saturated carbocycles. The summed E-state index contributed by atoms with van der Waals surface area (Å²) >= 11 is 0. The van der Waals surface area contributed by atoms with Crippen LogP contribution < -0.4 is 16.6 Å². The molecule has 28 heavy (non-hydrogen) atoms. The third kappa shape index (κ3) is 5.01. The topological polar surface area (TPSA) is 93.4 Å². The van der Waals surface area contributed by atoms with Gasteiger partial charge in [-0.05, 0) is 56.5 Å². The van der Waals surface area contributed by atoms with Gasteiger partial charge in [0.25, 0.3) is 0 Å². The Morgan fingerprint density at radius 2 is 1.68 bits per heavy atom. The van der Waals surface area contributed by atoms with Gasteiger partial charge in [-0.1, -0.05) is 38.5 Å². The van der Waals surface area contributed by atoms with Gasteiger partial charge in [0.1, 0.15) is 0 Å². The molecule has 2 amide bonds. The lowest BCUT2D eigenvalue weighted by Crippen LogP contribution is -2.43. The van der Waals surface area contributed by atoms with Gasteiger partial charge in [-0.3, -0.25) is 15.0 Å². The van der Waals surface area contributed by atoms with Gasteiger partial charge < -0.3 is 9.74 Å². The molecule has 0 spiro atoms. The predicted octanol–water partition coefficient (Wildman–Crippen LogP) is 3.65. The van der Waals surface area contributed by atoms with Gasteiger partial charge in [-0.25, -0.2) is 5.84 Å². The van der Waals surface area contributed by atoms with Gasteiger partial charge in [0.2, 0.25) is 11.8 Å². The molecular weight excluding hydrogens is 370 g/mol. The Hall–Kier alpha value is -1.70. The number of hydrazine groups is 1. The number of nitrogens with one attached hydrogen (secondary N) is 2. The van der Waals surface area contributed by atoms with E-state index in [1.165, 1.54) is 0 Å². The summed E-state index contributed by atoms with van der Waals surface area (Å²) in [5.41, 5.74) is 5.14. The van der Waals surface area contributed by atoms with Gasteiger partial charge in [-0.15, -0.1) is 0 Å². The van der Waals surface area contributed by atoms with Gasteiger partial charge in [0.05, 0.1) is 11.8 Å². The highest BCUT2D eigenvalue weighted by Gasteiger charge is 2.47. The molecule has 156 valence electrons. The van der Waals surface area contributed by atoms with Crippen molar-refractivity contribution < 1.29 is 14.0 Å². The van der Waals surface area contributed by atoms with E-state index < -0.39 is 20.2 Å². The van der Waals surface area contributed by atoms with Crippen molar-refractivity contribution in [1.82, 2.24) is 5.43 Å².